The number of aryl methyl sites for hydroxylation is 1. The number of fused-ring (bicyclic) bond motifs is 1. The molecular formula is C23H25N3O5S. The van der Waals surface area contributed by atoms with Gasteiger partial charge in [0, 0.05) is 31.5 Å². The molecule has 2 heterocycles. The van der Waals surface area contributed by atoms with E-state index in [0.717, 1.165) is 12.8 Å². The number of ether oxygens (including phenoxy) is 1. The Hall–Kier alpha value is -3.17. The van der Waals surface area contributed by atoms with Crippen molar-refractivity contribution in [2.45, 2.75) is 31.2 Å². The summed E-state index contributed by atoms with van der Waals surface area (Å²) in [6.45, 7) is 3.55. The van der Waals surface area contributed by atoms with Crippen LogP contribution in [0.4, 0.5) is 5.69 Å². The summed E-state index contributed by atoms with van der Waals surface area (Å²) in [6.07, 6.45) is 3.26. The lowest BCUT2D eigenvalue weighted by molar-refractivity contribution is 0.102. The molecule has 9 heteroatoms. The minimum absolute atomic E-state index is 0.00127. The van der Waals surface area contributed by atoms with Crippen molar-refractivity contribution in [2.75, 3.05) is 25.5 Å². The van der Waals surface area contributed by atoms with E-state index in [1.54, 1.807) is 24.4 Å². The maximum absolute atomic E-state index is 13.0. The fraction of sp³-hybridized carbons (Fsp3) is 0.304. The topological polar surface area (TPSA) is 97.7 Å². The molecule has 1 N–H and O–H groups in total. The van der Waals surface area contributed by atoms with Crippen molar-refractivity contribution in [3.63, 3.8) is 0 Å². The van der Waals surface area contributed by atoms with Gasteiger partial charge < -0.3 is 14.6 Å². The van der Waals surface area contributed by atoms with Crippen LogP contribution in [-0.2, 0) is 16.6 Å². The Bertz CT molecular complexity index is 1320. The van der Waals surface area contributed by atoms with E-state index in [1.807, 2.05) is 11.5 Å². The van der Waals surface area contributed by atoms with E-state index < -0.39 is 21.4 Å². The average Bonchev–Trinajstić information content (AvgIpc) is 3.35. The third-order valence-electron chi connectivity index (χ3n) is 5.69. The third-order valence-corrected chi connectivity index (χ3v) is 7.60. The zero-order valence-electron chi connectivity index (χ0n) is 18.0. The molecule has 1 aliphatic heterocycles. The van der Waals surface area contributed by atoms with E-state index >= 15 is 0 Å². The van der Waals surface area contributed by atoms with Gasteiger partial charge in [0.1, 0.15) is 11.3 Å². The van der Waals surface area contributed by atoms with Crippen LogP contribution in [-0.4, -0.2) is 43.4 Å². The standard InChI is InChI=1S/C23H25N3O5S/c1-3-25-15-20(22(27)19-14-17(31-2)8-11-21(19)25)23(28)24-16-6-9-18(10-7-16)32(29,30)26-12-4-5-13-26/h6-11,14-15H,3-5,12-13H2,1-2H3,(H,24,28). The van der Waals surface area contributed by atoms with Gasteiger partial charge in [-0.15, -0.1) is 0 Å². The first kappa shape index (κ1) is 22.0. The minimum atomic E-state index is -3.53. The second-order valence-corrected chi connectivity index (χ2v) is 9.57. The van der Waals surface area contributed by atoms with Gasteiger partial charge in [0.15, 0.2) is 0 Å². The van der Waals surface area contributed by atoms with Crippen LogP contribution in [0.15, 0.2) is 58.4 Å². The molecule has 2 aromatic carbocycles. The zero-order chi connectivity index (χ0) is 22.9. The Morgan fingerprint density at radius 1 is 1.09 bits per heavy atom. The predicted octanol–water partition coefficient (Wildman–Crippen LogP) is 3.07. The number of sulfonamides is 1. The minimum Gasteiger partial charge on any atom is -0.497 e. The number of hydrogen-bond acceptors (Lipinski definition) is 5. The number of pyridine rings is 1. The van der Waals surface area contributed by atoms with Crippen molar-refractivity contribution in [3.8, 4) is 5.75 Å². The number of hydrogen-bond donors (Lipinski definition) is 1. The van der Waals surface area contributed by atoms with Crippen molar-refractivity contribution in [3.05, 3.63) is 64.4 Å². The lowest BCUT2D eigenvalue weighted by atomic mass is 10.1. The molecule has 32 heavy (non-hydrogen) atoms. The van der Waals surface area contributed by atoms with E-state index in [4.69, 9.17) is 4.74 Å². The molecule has 1 saturated heterocycles. The zero-order valence-corrected chi connectivity index (χ0v) is 18.8. The van der Waals surface area contributed by atoms with Gasteiger partial charge in [0.2, 0.25) is 15.5 Å². The lowest BCUT2D eigenvalue weighted by Gasteiger charge is -2.16. The molecule has 0 spiro atoms. The van der Waals surface area contributed by atoms with Gasteiger partial charge in [0.05, 0.1) is 22.9 Å². The van der Waals surface area contributed by atoms with Crippen LogP contribution in [0.25, 0.3) is 10.9 Å². The molecule has 0 bridgehead atoms. The molecule has 4 rings (SSSR count). The first-order valence-corrected chi connectivity index (χ1v) is 11.9. The van der Waals surface area contributed by atoms with Crippen LogP contribution in [0, 0.1) is 0 Å². The van der Waals surface area contributed by atoms with Gasteiger partial charge in [-0.3, -0.25) is 9.59 Å². The molecule has 1 aromatic heterocycles. The van der Waals surface area contributed by atoms with Crippen molar-refractivity contribution in [2.24, 2.45) is 0 Å². The van der Waals surface area contributed by atoms with Crippen molar-refractivity contribution in [1.29, 1.82) is 0 Å². The summed E-state index contributed by atoms with van der Waals surface area (Å²) in [5, 5.41) is 3.09. The van der Waals surface area contributed by atoms with Crippen molar-refractivity contribution in [1.82, 2.24) is 8.87 Å². The number of nitrogens with one attached hydrogen (secondary N) is 1. The van der Waals surface area contributed by atoms with E-state index in [1.165, 1.54) is 35.7 Å². The van der Waals surface area contributed by atoms with Crippen LogP contribution < -0.4 is 15.5 Å². The molecule has 8 nitrogen and oxygen atoms in total. The highest BCUT2D eigenvalue weighted by molar-refractivity contribution is 7.89. The van der Waals surface area contributed by atoms with E-state index in [2.05, 4.69) is 5.32 Å². The fourth-order valence-corrected chi connectivity index (χ4v) is 5.43. The normalized spacial score (nSPS) is 14.6. The number of nitrogens with zero attached hydrogens (tertiary/aromatic N) is 2. The highest BCUT2D eigenvalue weighted by atomic mass is 32.2. The predicted molar refractivity (Wildman–Crippen MR) is 123 cm³/mol. The molecule has 168 valence electrons. The first-order valence-electron chi connectivity index (χ1n) is 10.5. The second-order valence-electron chi connectivity index (χ2n) is 7.63. The smallest absolute Gasteiger partial charge is 0.261 e. The number of carbonyl (C=O) groups is 1. The molecule has 1 fully saturated rings. The summed E-state index contributed by atoms with van der Waals surface area (Å²) in [7, 11) is -2.01. The molecule has 0 unspecified atom stereocenters. The number of methoxy groups -OCH3 is 1. The monoisotopic (exact) mass is 455 g/mol. The van der Waals surface area contributed by atoms with E-state index in [-0.39, 0.29) is 10.5 Å². The number of amides is 1. The first-order chi connectivity index (χ1) is 15.3. The van der Waals surface area contributed by atoms with Crippen molar-refractivity contribution < 1.29 is 17.9 Å². The summed E-state index contributed by atoms with van der Waals surface area (Å²) >= 11 is 0. The van der Waals surface area contributed by atoms with Gasteiger partial charge in [-0.25, -0.2) is 8.42 Å². The summed E-state index contributed by atoms with van der Waals surface area (Å²) in [5.41, 5.74) is 0.727. The Kier molecular flexibility index (Phi) is 6.03. The molecule has 1 aliphatic rings. The van der Waals surface area contributed by atoms with Crippen LogP contribution >= 0.6 is 0 Å². The molecule has 0 atom stereocenters. The summed E-state index contributed by atoms with van der Waals surface area (Å²) in [6, 6.07) is 11.2. The Morgan fingerprint density at radius 3 is 2.41 bits per heavy atom. The van der Waals surface area contributed by atoms with E-state index in [0.29, 0.717) is 42.0 Å². The second kappa shape index (κ2) is 8.76. The van der Waals surface area contributed by atoms with Gasteiger partial charge in [0.25, 0.3) is 5.91 Å². The third kappa shape index (κ3) is 4.01. The molecule has 0 radical (unpaired) electrons. The van der Waals surface area contributed by atoms with Gasteiger partial charge in [-0.2, -0.15) is 4.31 Å². The van der Waals surface area contributed by atoms with Gasteiger partial charge in [-0.05, 0) is 62.2 Å². The van der Waals surface area contributed by atoms with Crippen LogP contribution in [0.5, 0.6) is 5.75 Å². The Labute approximate surface area is 186 Å². The SMILES string of the molecule is CCn1cc(C(=O)Nc2ccc(S(=O)(=O)N3CCCC3)cc2)c(=O)c2cc(OC)ccc21. The Balaban J connectivity index is 1.62. The van der Waals surface area contributed by atoms with Crippen LogP contribution in [0.3, 0.4) is 0 Å². The molecule has 3 aromatic rings. The summed E-state index contributed by atoms with van der Waals surface area (Å²) in [5.74, 6) is -0.0262. The van der Waals surface area contributed by atoms with Crippen LogP contribution in [0.1, 0.15) is 30.1 Å². The summed E-state index contributed by atoms with van der Waals surface area (Å²) in [4.78, 5) is 26.1. The lowest BCUT2D eigenvalue weighted by Crippen LogP contribution is -2.27. The molecule has 0 saturated carbocycles. The summed E-state index contributed by atoms with van der Waals surface area (Å²) < 4.78 is 33.9. The van der Waals surface area contributed by atoms with Gasteiger partial charge in [-0.1, -0.05) is 0 Å². The van der Waals surface area contributed by atoms with Crippen molar-refractivity contribution >= 4 is 32.5 Å². The highest BCUT2D eigenvalue weighted by Gasteiger charge is 2.27. The number of benzene rings is 2. The fourth-order valence-electron chi connectivity index (χ4n) is 3.91. The maximum atomic E-state index is 13.0. The number of aromatic nitrogens is 1. The van der Waals surface area contributed by atoms with Gasteiger partial charge >= 0.3 is 0 Å². The largest absolute Gasteiger partial charge is 0.497 e. The quantitative estimate of drug-likeness (QED) is 0.616. The highest BCUT2D eigenvalue weighted by Crippen LogP contribution is 2.23. The van der Waals surface area contributed by atoms with E-state index in [9.17, 15) is 18.0 Å². The molecular weight excluding hydrogens is 430 g/mol. The maximum Gasteiger partial charge on any atom is 0.261 e. The number of anilines is 1. The molecule has 0 aliphatic carbocycles. The number of carbonyl (C=O) groups excluding carboxylic acids is 1. The number of rotatable bonds is 6. The van der Waals surface area contributed by atoms with Crippen LogP contribution in [0.2, 0.25) is 0 Å². The average molecular weight is 456 g/mol. The Morgan fingerprint density at radius 2 is 1.78 bits per heavy atom. The molecule has 1 amide bonds.